The summed E-state index contributed by atoms with van der Waals surface area (Å²) >= 11 is 1.52. The SMILES string of the molecule is CCn1c(COc2c(C)cccc2C)nnc1S[C@H](C)c1nc2ccccc2c(=O)[nH]1. The fraction of sp³-hybridized carbons (Fsp3) is 0.304. The molecule has 0 fully saturated rings. The van der Waals surface area contributed by atoms with Crippen molar-refractivity contribution < 1.29 is 4.74 Å². The molecule has 2 aromatic heterocycles. The third-order valence-corrected chi connectivity index (χ3v) is 6.25. The summed E-state index contributed by atoms with van der Waals surface area (Å²) in [6.07, 6.45) is 0. The van der Waals surface area contributed by atoms with Crippen molar-refractivity contribution >= 4 is 22.7 Å². The predicted molar refractivity (Wildman–Crippen MR) is 123 cm³/mol. The van der Waals surface area contributed by atoms with Crippen molar-refractivity contribution in [3.63, 3.8) is 0 Å². The van der Waals surface area contributed by atoms with E-state index >= 15 is 0 Å². The highest BCUT2D eigenvalue weighted by atomic mass is 32.2. The van der Waals surface area contributed by atoms with Crippen LogP contribution in [0, 0.1) is 13.8 Å². The van der Waals surface area contributed by atoms with Gasteiger partial charge in [-0.15, -0.1) is 10.2 Å². The summed E-state index contributed by atoms with van der Waals surface area (Å²) in [7, 11) is 0. The standard InChI is InChI=1S/C23H25N5O2S/c1-5-28-19(13-30-20-14(2)9-8-10-15(20)3)26-27-23(28)31-16(4)21-24-18-12-7-6-11-17(18)22(29)25-21/h6-12,16H,5,13H2,1-4H3,(H,24,25,29)/t16-/m1/s1. The summed E-state index contributed by atoms with van der Waals surface area (Å²) in [5.41, 5.74) is 2.75. The van der Waals surface area contributed by atoms with Crippen molar-refractivity contribution in [2.24, 2.45) is 0 Å². The number of fused-ring (bicyclic) bond motifs is 1. The minimum atomic E-state index is -0.132. The number of rotatable bonds is 7. The molecular formula is C23H25N5O2S. The molecule has 0 radical (unpaired) electrons. The van der Waals surface area contributed by atoms with Crippen LogP contribution in [-0.2, 0) is 13.2 Å². The molecule has 1 atom stereocenters. The van der Waals surface area contributed by atoms with E-state index < -0.39 is 0 Å². The van der Waals surface area contributed by atoms with Crippen molar-refractivity contribution in [1.82, 2.24) is 24.7 Å². The minimum absolute atomic E-state index is 0.0980. The first kappa shape index (κ1) is 21.1. The number of ether oxygens (including phenoxy) is 1. The smallest absolute Gasteiger partial charge is 0.258 e. The molecule has 0 aliphatic carbocycles. The van der Waals surface area contributed by atoms with Gasteiger partial charge in [0.05, 0.1) is 16.2 Å². The van der Waals surface area contributed by atoms with Gasteiger partial charge in [0.1, 0.15) is 18.2 Å². The second-order valence-corrected chi connectivity index (χ2v) is 8.69. The average Bonchev–Trinajstić information content (AvgIpc) is 3.14. The molecule has 8 heteroatoms. The molecule has 0 spiro atoms. The molecule has 4 aromatic rings. The summed E-state index contributed by atoms with van der Waals surface area (Å²) in [6.45, 7) is 9.18. The molecular weight excluding hydrogens is 410 g/mol. The maximum absolute atomic E-state index is 12.4. The number of H-pyrrole nitrogens is 1. The molecule has 1 N–H and O–H groups in total. The van der Waals surface area contributed by atoms with Gasteiger partial charge in [-0.2, -0.15) is 0 Å². The Kier molecular flexibility index (Phi) is 6.08. The lowest BCUT2D eigenvalue weighted by Crippen LogP contribution is -2.13. The summed E-state index contributed by atoms with van der Waals surface area (Å²) in [5, 5.41) is 9.98. The summed E-state index contributed by atoms with van der Waals surface area (Å²) in [4.78, 5) is 19.9. The molecule has 7 nitrogen and oxygen atoms in total. The van der Waals surface area contributed by atoms with E-state index in [9.17, 15) is 4.79 Å². The Labute approximate surface area is 184 Å². The van der Waals surface area contributed by atoms with Crippen LogP contribution in [-0.4, -0.2) is 24.7 Å². The van der Waals surface area contributed by atoms with Crippen molar-refractivity contribution in [2.75, 3.05) is 0 Å². The van der Waals surface area contributed by atoms with E-state index in [1.165, 1.54) is 11.8 Å². The highest BCUT2D eigenvalue weighted by Crippen LogP contribution is 2.32. The number of benzene rings is 2. The topological polar surface area (TPSA) is 85.7 Å². The van der Waals surface area contributed by atoms with Crippen LogP contribution < -0.4 is 10.3 Å². The third kappa shape index (κ3) is 4.34. The molecule has 0 saturated heterocycles. The number of thioether (sulfide) groups is 1. The Balaban J connectivity index is 1.54. The van der Waals surface area contributed by atoms with Crippen LogP contribution in [0.15, 0.2) is 52.4 Å². The Morgan fingerprint density at radius 2 is 1.84 bits per heavy atom. The molecule has 2 aromatic carbocycles. The van der Waals surface area contributed by atoms with E-state index in [0.717, 1.165) is 34.4 Å². The van der Waals surface area contributed by atoms with Crippen LogP contribution in [0.3, 0.4) is 0 Å². The Bertz CT molecular complexity index is 1260. The first-order chi connectivity index (χ1) is 15.0. The normalized spacial score (nSPS) is 12.3. The number of hydrogen-bond donors (Lipinski definition) is 1. The Morgan fingerprint density at radius 1 is 1.10 bits per heavy atom. The van der Waals surface area contributed by atoms with Gasteiger partial charge >= 0.3 is 0 Å². The van der Waals surface area contributed by atoms with E-state index in [-0.39, 0.29) is 10.8 Å². The van der Waals surface area contributed by atoms with Gasteiger partial charge < -0.3 is 14.3 Å². The highest BCUT2D eigenvalue weighted by Gasteiger charge is 2.19. The van der Waals surface area contributed by atoms with E-state index in [1.54, 1.807) is 6.07 Å². The lowest BCUT2D eigenvalue weighted by molar-refractivity contribution is 0.284. The Hall–Kier alpha value is -3.13. The number of aromatic amines is 1. The molecule has 0 aliphatic rings. The second-order valence-electron chi connectivity index (χ2n) is 7.38. The van der Waals surface area contributed by atoms with Crippen LogP contribution in [0.1, 0.15) is 41.9 Å². The van der Waals surface area contributed by atoms with Crippen LogP contribution in [0.25, 0.3) is 10.9 Å². The molecule has 0 bridgehead atoms. The quantitative estimate of drug-likeness (QED) is 0.428. The van der Waals surface area contributed by atoms with Crippen molar-refractivity contribution in [3.8, 4) is 5.75 Å². The van der Waals surface area contributed by atoms with Crippen LogP contribution >= 0.6 is 11.8 Å². The fourth-order valence-electron chi connectivity index (χ4n) is 3.51. The third-order valence-electron chi connectivity index (χ3n) is 5.16. The molecule has 160 valence electrons. The zero-order chi connectivity index (χ0) is 22.0. The van der Waals surface area contributed by atoms with Gasteiger partial charge in [-0.25, -0.2) is 4.98 Å². The van der Waals surface area contributed by atoms with Crippen LogP contribution in [0.4, 0.5) is 0 Å². The van der Waals surface area contributed by atoms with Gasteiger partial charge in [0.2, 0.25) is 0 Å². The van der Waals surface area contributed by atoms with E-state index in [4.69, 9.17) is 4.74 Å². The number of aryl methyl sites for hydroxylation is 2. The maximum atomic E-state index is 12.4. The van der Waals surface area contributed by atoms with E-state index in [1.807, 2.05) is 61.7 Å². The molecule has 2 heterocycles. The lowest BCUT2D eigenvalue weighted by Gasteiger charge is -2.14. The first-order valence-electron chi connectivity index (χ1n) is 10.2. The minimum Gasteiger partial charge on any atom is -0.485 e. The lowest BCUT2D eigenvalue weighted by atomic mass is 10.1. The molecule has 4 rings (SSSR count). The van der Waals surface area contributed by atoms with Gasteiger partial charge in [-0.1, -0.05) is 42.1 Å². The van der Waals surface area contributed by atoms with Gasteiger partial charge in [0.25, 0.3) is 5.56 Å². The van der Waals surface area contributed by atoms with Crippen molar-refractivity contribution in [3.05, 3.63) is 75.6 Å². The highest BCUT2D eigenvalue weighted by molar-refractivity contribution is 7.99. The predicted octanol–water partition coefficient (Wildman–Crippen LogP) is 4.58. The maximum Gasteiger partial charge on any atom is 0.258 e. The van der Waals surface area contributed by atoms with E-state index in [2.05, 4.69) is 27.1 Å². The van der Waals surface area contributed by atoms with Crippen LogP contribution in [0.2, 0.25) is 0 Å². The van der Waals surface area contributed by atoms with Gasteiger partial charge in [-0.05, 0) is 51.0 Å². The number of nitrogens with one attached hydrogen (secondary N) is 1. The van der Waals surface area contributed by atoms with Crippen molar-refractivity contribution in [1.29, 1.82) is 0 Å². The zero-order valence-corrected chi connectivity index (χ0v) is 18.9. The molecule has 31 heavy (non-hydrogen) atoms. The summed E-state index contributed by atoms with van der Waals surface area (Å²) in [6, 6.07) is 13.4. The van der Waals surface area contributed by atoms with Gasteiger partial charge in [0, 0.05) is 6.54 Å². The zero-order valence-electron chi connectivity index (χ0n) is 18.0. The summed E-state index contributed by atoms with van der Waals surface area (Å²) in [5.74, 6) is 2.26. The molecule has 0 aliphatic heterocycles. The first-order valence-corrected chi connectivity index (χ1v) is 11.1. The van der Waals surface area contributed by atoms with Crippen LogP contribution in [0.5, 0.6) is 5.75 Å². The average molecular weight is 436 g/mol. The molecule has 0 amide bonds. The number of aromatic nitrogens is 5. The number of hydrogen-bond acceptors (Lipinski definition) is 6. The number of para-hydroxylation sites is 2. The monoisotopic (exact) mass is 435 g/mol. The largest absolute Gasteiger partial charge is 0.485 e. The fourth-order valence-corrected chi connectivity index (χ4v) is 4.49. The second kappa shape index (κ2) is 8.93. The van der Waals surface area contributed by atoms with Gasteiger partial charge in [0.15, 0.2) is 11.0 Å². The van der Waals surface area contributed by atoms with Gasteiger partial charge in [-0.3, -0.25) is 4.79 Å². The summed E-state index contributed by atoms with van der Waals surface area (Å²) < 4.78 is 8.11. The van der Waals surface area contributed by atoms with E-state index in [0.29, 0.717) is 23.3 Å². The molecule has 0 saturated carbocycles. The number of nitrogens with zero attached hydrogens (tertiary/aromatic N) is 4. The Morgan fingerprint density at radius 3 is 2.58 bits per heavy atom. The molecule has 0 unspecified atom stereocenters. The van der Waals surface area contributed by atoms with Crippen molar-refractivity contribution in [2.45, 2.75) is 51.3 Å².